The summed E-state index contributed by atoms with van der Waals surface area (Å²) < 4.78 is 13.1. The zero-order chi connectivity index (χ0) is 12.0. The van der Waals surface area contributed by atoms with Crippen molar-refractivity contribution in [3.8, 4) is 0 Å². The Hall–Kier alpha value is -1.16. The minimum Gasteiger partial charge on any atom is -0.397 e. The highest BCUT2D eigenvalue weighted by Gasteiger charge is 2.03. The van der Waals surface area contributed by atoms with Crippen LogP contribution in [-0.2, 0) is 0 Å². The van der Waals surface area contributed by atoms with E-state index in [1.807, 2.05) is 6.08 Å². The number of nitrogens with one attached hydrogen (secondary N) is 1. The molecule has 0 heterocycles. The summed E-state index contributed by atoms with van der Waals surface area (Å²) in [5.41, 5.74) is 7.57. The standard InChI is InChI=1S/C12H17FN2S/c1-3-5-16-6-4-15-12-7-9(2)10(13)8-11(12)14/h3,7-8,15H,1,4-6,14H2,2H3. The third-order valence-corrected chi connectivity index (χ3v) is 3.09. The Morgan fingerprint density at radius 3 is 3.00 bits per heavy atom. The molecule has 1 aromatic carbocycles. The van der Waals surface area contributed by atoms with Gasteiger partial charge in [-0.3, -0.25) is 0 Å². The summed E-state index contributed by atoms with van der Waals surface area (Å²) in [6.07, 6.45) is 1.88. The average molecular weight is 240 g/mol. The zero-order valence-corrected chi connectivity index (χ0v) is 10.2. The van der Waals surface area contributed by atoms with E-state index in [0.29, 0.717) is 11.3 Å². The van der Waals surface area contributed by atoms with E-state index >= 15 is 0 Å². The van der Waals surface area contributed by atoms with Crippen LogP contribution in [0.2, 0.25) is 0 Å². The van der Waals surface area contributed by atoms with Gasteiger partial charge in [-0.1, -0.05) is 6.08 Å². The first-order chi connectivity index (χ1) is 7.65. The van der Waals surface area contributed by atoms with Crippen molar-refractivity contribution in [3.63, 3.8) is 0 Å². The predicted molar refractivity (Wildman–Crippen MR) is 71.6 cm³/mol. The van der Waals surface area contributed by atoms with Crippen LogP contribution in [0.3, 0.4) is 0 Å². The molecule has 1 rings (SSSR count). The summed E-state index contributed by atoms with van der Waals surface area (Å²) in [4.78, 5) is 0. The monoisotopic (exact) mass is 240 g/mol. The molecule has 2 nitrogen and oxygen atoms in total. The maximum absolute atomic E-state index is 13.1. The van der Waals surface area contributed by atoms with E-state index in [1.54, 1.807) is 24.8 Å². The quantitative estimate of drug-likeness (QED) is 0.456. The van der Waals surface area contributed by atoms with Crippen LogP contribution in [0, 0.1) is 12.7 Å². The molecule has 0 saturated carbocycles. The van der Waals surface area contributed by atoms with E-state index in [2.05, 4.69) is 11.9 Å². The van der Waals surface area contributed by atoms with Crippen LogP contribution >= 0.6 is 11.8 Å². The number of anilines is 2. The van der Waals surface area contributed by atoms with Crippen molar-refractivity contribution < 1.29 is 4.39 Å². The number of thioether (sulfide) groups is 1. The van der Waals surface area contributed by atoms with Crippen LogP contribution in [0.15, 0.2) is 24.8 Å². The molecule has 0 aliphatic heterocycles. The highest BCUT2D eigenvalue weighted by Crippen LogP contribution is 2.22. The number of aryl methyl sites for hydroxylation is 1. The third kappa shape index (κ3) is 3.77. The Morgan fingerprint density at radius 2 is 2.31 bits per heavy atom. The molecule has 88 valence electrons. The second-order valence-electron chi connectivity index (χ2n) is 3.48. The molecule has 0 amide bonds. The van der Waals surface area contributed by atoms with Gasteiger partial charge in [0.25, 0.3) is 0 Å². The van der Waals surface area contributed by atoms with Gasteiger partial charge in [0.1, 0.15) is 5.82 Å². The van der Waals surface area contributed by atoms with Crippen molar-refractivity contribution in [2.24, 2.45) is 0 Å². The fraction of sp³-hybridized carbons (Fsp3) is 0.333. The van der Waals surface area contributed by atoms with Crippen molar-refractivity contribution in [3.05, 3.63) is 36.2 Å². The second kappa shape index (κ2) is 6.43. The molecule has 0 radical (unpaired) electrons. The largest absolute Gasteiger partial charge is 0.397 e. The Morgan fingerprint density at radius 1 is 1.56 bits per heavy atom. The number of benzene rings is 1. The van der Waals surface area contributed by atoms with Gasteiger partial charge < -0.3 is 11.1 Å². The first-order valence-electron chi connectivity index (χ1n) is 5.13. The van der Waals surface area contributed by atoms with E-state index in [1.165, 1.54) is 6.07 Å². The summed E-state index contributed by atoms with van der Waals surface area (Å²) in [6.45, 7) is 6.19. The molecule has 16 heavy (non-hydrogen) atoms. The molecule has 0 unspecified atom stereocenters. The van der Waals surface area contributed by atoms with Gasteiger partial charge in [-0.05, 0) is 24.6 Å². The molecule has 3 N–H and O–H groups in total. The fourth-order valence-corrected chi connectivity index (χ4v) is 1.85. The topological polar surface area (TPSA) is 38.0 Å². The lowest BCUT2D eigenvalue weighted by Gasteiger charge is -2.10. The van der Waals surface area contributed by atoms with E-state index < -0.39 is 0 Å². The van der Waals surface area contributed by atoms with Crippen LogP contribution < -0.4 is 11.1 Å². The lowest BCUT2D eigenvalue weighted by Crippen LogP contribution is -2.07. The van der Waals surface area contributed by atoms with Crippen LogP contribution in [0.25, 0.3) is 0 Å². The second-order valence-corrected chi connectivity index (χ2v) is 4.63. The molecular weight excluding hydrogens is 223 g/mol. The van der Waals surface area contributed by atoms with Crippen molar-refractivity contribution in [1.29, 1.82) is 0 Å². The van der Waals surface area contributed by atoms with Gasteiger partial charge in [-0.15, -0.1) is 6.58 Å². The Kier molecular flexibility index (Phi) is 5.19. The van der Waals surface area contributed by atoms with Gasteiger partial charge in [0.15, 0.2) is 0 Å². The summed E-state index contributed by atoms with van der Waals surface area (Å²) in [5, 5.41) is 3.19. The van der Waals surface area contributed by atoms with E-state index in [-0.39, 0.29) is 5.82 Å². The molecule has 4 heteroatoms. The van der Waals surface area contributed by atoms with Gasteiger partial charge in [0.2, 0.25) is 0 Å². The van der Waals surface area contributed by atoms with Crippen molar-refractivity contribution in [2.75, 3.05) is 29.1 Å². The summed E-state index contributed by atoms with van der Waals surface area (Å²) >= 11 is 1.79. The molecule has 1 aromatic rings. The first kappa shape index (κ1) is 12.9. The molecule has 0 aliphatic carbocycles. The average Bonchev–Trinajstić information content (AvgIpc) is 2.25. The maximum Gasteiger partial charge on any atom is 0.128 e. The van der Waals surface area contributed by atoms with Gasteiger partial charge in [-0.25, -0.2) is 4.39 Å². The van der Waals surface area contributed by atoms with E-state index in [4.69, 9.17) is 5.73 Å². The minimum absolute atomic E-state index is 0.260. The lowest BCUT2D eigenvalue weighted by molar-refractivity contribution is 0.619. The molecule has 0 spiro atoms. The van der Waals surface area contributed by atoms with Crippen molar-refractivity contribution in [2.45, 2.75) is 6.92 Å². The van der Waals surface area contributed by atoms with Crippen LogP contribution in [-0.4, -0.2) is 18.1 Å². The molecular formula is C12H17FN2S. The smallest absolute Gasteiger partial charge is 0.128 e. The molecule has 0 aromatic heterocycles. The third-order valence-electron chi connectivity index (χ3n) is 2.13. The molecule has 0 fully saturated rings. The van der Waals surface area contributed by atoms with Gasteiger partial charge >= 0.3 is 0 Å². The maximum atomic E-state index is 13.1. The molecule has 0 atom stereocenters. The fourth-order valence-electron chi connectivity index (χ4n) is 1.27. The molecule has 0 bridgehead atoms. The van der Waals surface area contributed by atoms with Crippen LogP contribution in [0.5, 0.6) is 0 Å². The first-order valence-corrected chi connectivity index (χ1v) is 6.28. The number of hydrogen-bond donors (Lipinski definition) is 2. The molecule has 0 saturated heterocycles. The minimum atomic E-state index is -0.260. The number of rotatable bonds is 6. The van der Waals surface area contributed by atoms with Crippen LogP contribution in [0.4, 0.5) is 15.8 Å². The van der Waals surface area contributed by atoms with E-state index in [9.17, 15) is 4.39 Å². The zero-order valence-electron chi connectivity index (χ0n) is 9.42. The Labute approximate surface area is 100 Å². The van der Waals surface area contributed by atoms with Gasteiger partial charge in [0, 0.05) is 18.1 Å². The lowest BCUT2D eigenvalue weighted by atomic mass is 10.2. The SMILES string of the molecule is C=CCSCCNc1cc(C)c(F)cc1N. The van der Waals surface area contributed by atoms with Crippen LogP contribution in [0.1, 0.15) is 5.56 Å². The highest BCUT2D eigenvalue weighted by atomic mass is 32.2. The predicted octanol–water partition coefficient (Wildman–Crippen LogP) is 3.05. The Bertz CT molecular complexity index is 366. The van der Waals surface area contributed by atoms with Crippen molar-refractivity contribution in [1.82, 2.24) is 0 Å². The van der Waals surface area contributed by atoms with Gasteiger partial charge in [-0.2, -0.15) is 11.8 Å². The summed E-state index contributed by atoms with van der Waals surface area (Å²) in [5.74, 6) is 1.66. The molecule has 0 aliphatic rings. The number of halogens is 1. The normalized spacial score (nSPS) is 10.1. The highest BCUT2D eigenvalue weighted by molar-refractivity contribution is 7.99. The number of nitrogen functional groups attached to an aromatic ring is 1. The van der Waals surface area contributed by atoms with Gasteiger partial charge in [0.05, 0.1) is 11.4 Å². The number of hydrogen-bond acceptors (Lipinski definition) is 3. The van der Waals surface area contributed by atoms with E-state index in [0.717, 1.165) is 23.7 Å². The number of nitrogens with two attached hydrogens (primary N) is 1. The summed E-state index contributed by atoms with van der Waals surface area (Å²) in [6, 6.07) is 3.09. The summed E-state index contributed by atoms with van der Waals surface area (Å²) in [7, 11) is 0. The van der Waals surface area contributed by atoms with Crippen molar-refractivity contribution >= 4 is 23.1 Å². The Balaban J connectivity index is 2.47.